The van der Waals surface area contributed by atoms with Crippen LogP contribution in [0.15, 0.2) is 50.5 Å². The van der Waals surface area contributed by atoms with Crippen LogP contribution in [0.2, 0.25) is 0 Å². The largest absolute Gasteiger partial charge is 0.454 e. The molecule has 0 radical (unpaired) electrons. The lowest BCUT2D eigenvalue weighted by molar-refractivity contribution is 0.174. The van der Waals surface area contributed by atoms with Crippen molar-refractivity contribution in [1.29, 1.82) is 0 Å². The summed E-state index contributed by atoms with van der Waals surface area (Å²) in [7, 11) is -3.85. The molecule has 8 nitrogen and oxygen atoms in total. The van der Waals surface area contributed by atoms with Crippen LogP contribution in [0.3, 0.4) is 0 Å². The number of hydrogen-bond donors (Lipinski definition) is 1. The summed E-state index contributed by atoms with van der Waals surface area (Å²) >= 11 is 0. The van der Waals surface area contributed by atoms with E-state index in [1.807, 2.05) is 6.92 Å². The topological polar surface area (TPSA) is 99.8 Å². The van der Waals surface area contributed by atoms with Gasteiger partial charge < -0.3 is 13.9 Å². The van der Waals surface area contributed by atoms with E-state index in [4.69, 9.17) is 13.9 Å². The van der Waals surface area contributed by atoms with E-state index in [9.17, 15) is 13.2 Å². The normalized spacial score (nSPS) is 13.3. The first-order valence-electron chi connectivity index (χ1n) is 7.54. The molecule has 0 spiro atoms. The molecule has 1 N–H and O–H groups in total. The van der Waals surface area contributed by atoms with Crippen molar-refractivity contribution in [2.75, 3.05) is 11.5 Å². The molecular formula is C16H14N2O6S. The van der Waals surface area contributed by atoms with E-state index < -0.39 is 15.8 Å². The van der Waals surface area contributed by atoms with Crippen molar-refractivity contribution in [1.82, 2.24) is 4.57 Å². The molecular weight excluding hydrogens is 348 g/mol. The number of nitrogens with one attached hydrogen (secondary N) is 1. The molecule has 0 atom stereocenters. The summed E-state index contributed by atoms with van der Waals surface area (Å²) in [6.07, 6.45) is 0. The molecule has 0 amide bonds. The fourth-order valence-corrected chi connectivity index (χ4v) is 3.75. The van der Waals surface area contributed by atoms with Crippen LogP contribution in [0.1, 0.15) is 6.92 Å². The average Bonchev–Trinajstić information content (AvgIpc) is 3.16. The molecule has 4 rings (SSSR count). The minimum atomic E-state index is -3.85. The molecule has 130 valence electrons. The molecule has 25 heavy (non-hydrogen) atoms. The Morgan fingerprint density at radius 1 is 1.12 bits per heavy atom. The maximum Gasteiger partial charge on any atom is 0.419 e. The Morgan fingerprint density at radius 3 is 2.72 bits per heavy atom. The Morgan fingerprint density at radius 2 is 1.92 bits per heavy atom. The number of oxazole rings is 1. The zero-order valence-corrected chi connectivity index (χ0v) is 14.0. The van der Waals surface area contributed by atoms with Gasteiger partial charge in [0, 0.05) is 18.7 Å². The lowest BCUT2D eigenvalue weighted by atomic mass is 10.3. The van der Waals surface area contributed by atoms with Crippen LogP contribution in [0.25, 0.3) is 11.1 Å². The van der Waals surface area contributed by atoms with E-state index in [2.05, 4.69) is 4.72 Å². The molecule has 0 bridgehead atoms. The van der Waals surface area contributed by atoms with E-state index in [1.165, 1.54) is 16.7 Å². The molecule has 0 fully saturated rings. The van der Waals surface area contributed by atoms with Gasteiger partial charge in [0.05, 0.1) is 16.1 Å². The smallest absolute Gasteiger partial charge is 0.419 e. The highest BCUT2D eigenvalue weighted by Crippen LogP contribution is 2.35. The van der Waals surface area contributed by atoms with Gasteiger partial charge >= 0.3 is 5.76 Å². The summed E-state index contributed by atoms with van der Waals surface area (Å²) in [5.41, 5.74) is 1.12. The van der Waals surface area contributed by atoms with Gasteiger partial charge in [-0.25, -0.2) is 13.2 Å². The maximum absolute atomic E-state index is 12.6. The molecule has 3 aromatic rings. The molecule has 2 heterocycles. The molecule has 9 heteroatoms. The Kier molecular flexibility index (Phi) is 3.46. The van der Waals surface area contributed by atoms with Gasteiger partial charge in [-0.3, -0.25) is 9.29 Å². The van der Waals surface area contributed by atoms with Crippen LogP contribution in [-0.4, -0.2) is 19.8 Å². The summed E-state index contributed by atoms with van der Waals surface area (Å²) in [4.78, 5) is 11.7. The number of rotatable bonds is 4. The van der Waals surface area contributed by atoms with Crippen molar-refractivity contribution < 1.29 is 22.3 Å². The van der Waals surface area contributed by atoms with Gasteiger partial charge in [-0.2, -0.15) is 0 Å². The number of ether oxygens (including phenoxy) is 2. The first-order valence-corrected chi connectivity index (χ1v) is 9.02. The molecule has 1 aliphatic rings. The first kappa shape index (κ1) is 15.6. The number of aromatic nitrogens is 1. The van der Waals surface area contributed by atoms with E-state index in [1.54, 1.807) is 24.3 Å². The SMILES string of the molecule is CCn1c(=O)oc2cc(S(=O)(=O)Nc3ccc4c(c3)OCO4)ccc21. The quantitative estimate of drug-likeness (QED) is 0.763. The van der Waals surface area contributed by atoms with Gasteiger partial charge in [0.1, 0.15) is 0 Å². The van der Waals surface area contributed by atoms with Crippen molar-refractivity contribution in [2.45, 2.75) is 18.4 Å². The van der Waals surface area contributed by atoms with Crippen molar-refractivity contribution in [3.8, 4) is 11.5 Å². The van der Waals surface area contributed by atoms with Crippen LogP contribution in [0.4, 0.5) is 5.69 Å². The van der Waals surface area contributed by atoms with Gasteiger partial charge in [0.25, 0.3) is 10.0 Å². The molecule has 0 aliphatic carbocycles. The minimum absolute atomic E-state index is 0.00494. The molecule has 0 saturated heterocycles. The third kappa shape index (κ3) is 2.62. The Bertz CT molecular complexity index is 1130. The van der Waals surface area contributed by atoms with Crippen LogP contribution in [-0.2, 0) is 16.6 Å². The molecule has 0 unspecified atom stereocenters. The third-order valence-electron chi connectivity index (χ3n) is 3.89. The summed E-state index contributed by atoms with van der Waals surface area (Å²) < 4.78 is 44.6. The highest BCUT2D eigenvalue weighted by Gasteiger charge is 2.19. The second-order valence-electron chi connectivity index (χ2n) is 5.42. The summed E-state index contributed by atoms with van der Waals surface area (Å²) in [6, 6.07) is 9.07. The fourth-order valence-electron chi connectivity index (χ4n) is 2.69. The average molecular weight is 362 g/mol. The number of fused-ring (bicyclic) bond motifs is 2. The standard InChI is InChI=1S/C16H14N2O6S/c1-2-18-12-5-4-11(8-14(12)24-16(18)19)25(20,21)17-10-3-6-13-15(7-10)23-9-22-13/h3-8,17H,2,9H2,1H3. The zero-order valence-electron chi connectivity index (χ0n) is 13.2. The van der Waals surface area contributed by atoms with Gasteiger partial charge in [-0.05, 0) is 31.2 Å². The van der Waals surface area contributed by atoms with Crippen LogP contribution in [0.5, 0.6) is 11.5 Å². The number of anilines is 1. The highest BCUT2D eigenvalue weighted by atomic mass is 32.2. The molecule has 1 aromatic heterocycles. The van der Waals surface area contributed by atoms with Gasteiger partial charge in [-0.1, -0.05) is 0 Å². The molecule has 0 saturated carbocycles. The monoisotopic (exact) mass is 362 g/mol. The summed E-state index contributed by atoms with van der Waals surface area (Å²) in [5.74, 6) is 0.518. The van der Waals surface area contributed by atoms with Crippen LogP contribution >= 0.6 is 0 Å². The van der Waals surface area contributed by atoms with Crippen LogP contribution < -0.4 is 20.0 Å². The second kappa shape index (κ2) is 5.55. The predicted molar refractivity (Wildman–Crippen MR) is 89.5 cm³/mol. The Hall–Kier alpha value is -2.94. The number of sulfonamides is 1. The number of nitrogens with zero attached hydrogens (tertiary/aromatic N) is 1. The van der Waals surface area contributed by atoms with E-state index in [0.717, 1.165) is 0 Å². The Labute approximate surface area is 142 Å². The van der Waals surface area contributed by atoms with Crippen molar-refractivity contribution in [3.63, 3.8) is 0 Å². The van der Waals surface area contributed by atoms with Crippen molar-refractivity contribution in [2.24, 2.45) is 0 Å². The van der Waals surface area contributed by atoms with Gasteiger partial charge in [0.2, 0.25) is 6.79 Å². The van der Waals surface area contributed by atoms with Gasteiger partial charge in [0.15, 0.2) is 17.1 Å². The highest BCUT2D eigenvalue weighted by molar-refractivity contribution is 7.92. The van der Waals surface area contributed by atoms with E-state index in [0.29, 0.717) is 29.2 Å². The number of benzene rings is 2. The zero-order chi connectivity index (χ0) is 17.6. The minimum Gasteiger partial charge on any atom is -0.454 e. The number of aryl methyl sites for hydroxylation is 1. The number of hydrogen-bond acceptors (Lipinski definition) is 6. The second-order valence-corrected chi connectivity index (χ2v) is 7.10. The molecule has 2 aromatic carbocycles. The summed E-state index contributed by atoms with van der Waals surface area (Å²) in [6.45, 7) is 2.35. The molecule has 1 aliphatic heterocycles. The van der Waals surface area contributed by atoms with E-state index in [-0.39, 0.29) is 17.3 Å². The Balaban J connectivity index is 1.70. The predicted octanol–water partition coefficient (Wildman–Crippen LogP) is 2.14. The lowest BCUT2D eigenvalue weighted by Crippen LogP contribution is -2.13. The van der Waals surface area contributed by atoms with Crippen molar-refractivity contribution >= 4 is 26.8 Å². The van der Waals surface area contributed by atoms with Crippen molar-refractivity contribution in [3.05, 3.63) is 46.9 Å². The maximum atomic E-state index is 12.6. The first-order chi connectivity index (χ1) is 12.0. The fraction of sp³-hybridized carbons (Fsp3) is 0.188. The third-order valence-corrected chi connectivity index (χ3v) is 5.27. The summed E-state index contributed by atoms with van der Waals surface area (Å²) in [5, 5.41) is 0. The van der Waals surface area contributed by atoms with E-state index >= 15 is 0 Å². The van der Waals surface area contributed by atoms with Gasteiger partial charge in [-0.15, -0.1) is 0 Å². The lowest BCUT2D eigenvalue weighted by Gasteiger charge is -2.08. The van der Waals surface area contributed by atoms with Crippen LogP contribution in [0, 0.1) is 0 Å².